The molecule has 0 rings (SSSR count). The number of nitrogens with one attached hydrogen (secondary N) is 2. The Morgan fingerprint density at radius 1 is 1.33 bits per heavy atom. The predicted octanol–water partition coefficient (Wildman–Crippen LogP) is 0.213. The van der Waals surface area contributed by atoms with E-state index in [9.17, 15) is 9.59 Å². The fourth-order valence-electron chi connectivity index (χ4n) is 1.20. The van der Waals surface area contributed by atoms with Crippen molar-refractivity contribution in [2.45, 2.75) is 26.7 Å². The van der Waals surface area contributed by atoms with Gasteiger partial charge < -0.3 is 15.7 Å². The van der Waals surface area contributed by atoms with E-state index in [-0.39, 0.29) is 19.0 Å². The van der Waals surface area contributed by atoms with E-state index in [4.69, 9.17) is 5.11 Å². The van der Waals surface area contributed by atoms with E-state index >= 15 is 0 Å². The predicted molar refractivity (Wildman–Crippen MR) is 57.6 cm³/mol. The van der Waals surface area contributed by atoms with Gasteiger partial charge in [-0.05, 0) is 13.0 Å². The van der Waals surface area contributed by atoms with Crippen LogP contribution in [0.3, 0.4) is 0 Å². The first kappa shape index (κ1) is 13.9. The lowest BCUT2D eigenvalue weighted by atomic mass is 10.0. The number of rotatable bonds is 8. The zero-order chi connectivity index (χ0) is 11.7. The smallest absolute Gasteiger partial charge is 0.308 e. The molecule has 0 saturated heterocycles. The Morgan fingerprint density at radius 3 is 2.47 bits per heavy atom. The average molecular weight is 216 g/mol. The lowest BCUT2D eigenvalue weighted by Gasteiger charge is -2.12. The molecule has 0 spiro atoms. The molecule has 0 heterocycles. The number of aliphatic carboxylic acids is 1. The molecule has 3 N–H and O–H groups in total. The molecule has 0 aromatic rings. The molecule has 0 aliphatic rings. The van der Waals surface area contributed by atoms with Crippen molar-refractivity contribution in [3.8, 4) is 0 Å². The van der Waals surface area contributed by atoms with Crippen molar-refractivity contribution < 1.29 is 14.7 Å². The molecule has 1 unspecified atom stereocenters. The van der Waals surface area contributed by atoms with Crippen LogP contribution in [-0.4, -0.2) is 36.6 Å². The Morgan fingerprint density at radius 2 is 2.00 bits per heavy atom. The van der Waals surface area contributed by atoms with Crippen molar-refractivity contribution in [2.24, 2.45) is 5.92 Å². The molecular formula is C10H20N2O3. The standard InChI is InChI=1S/C10H20N2O3/c1-3-5-8(10(14)15)6-12-9(13)7-11-4-2/h8,11H,3-7H2,1-2H3,(H,12,13)(H,14,15). The first-order valence-electron chi connectivity index (χ1n) is 5.32. The second-order valence-electron chi connectivity index (χ2n) is 3.41. The minimum atomic E-state index is -0.847. The van der Waals surface area contributed by atoms with E-state index in [0.717, 1.165) is 13.0 Å². The van der Waals surface area contributed by atoms with Crippen molar-refractivity contribution in [1.82, 2.24) is 10.6 Å². The lowest BCUT2D eigenvalue weighted by molar-refractivity contribution is -0.141. The molecule has 88 valence electrons. The molecule has 15 heavy (non-hydrogen) atoms. The average Bonchev–Trinajstić information content (AvgIpc) is 2.20. The highest BCUT2D eigenvalue weighted by Crippen LogP contribution is 2.04. The van der Waals surface area contributed by atoms with Crippen LogP contribution in [0, 0.1) is 5.92 Å². The summed E-state index contributed by atoms with van der Waals surface area (Å²) < 4.78 is 0. The van der Waals surface area contributed by atoms with Crippen LogP contribution in [-0.2, 0) is 9.59 Å². The molecule has 0 aromatic heterocycles. The Hall–Kier alpha value is -1.10. The Balaban J connectivity index is 3.78. The minimum Gasteiger partial charge on any atom is -0.481 e. The molecule has 0 aliphatic heterocycles. The Bertz CT molecular complexity index is 207. The van der Waals surface area contributed by atoms with E-state index in [0.29, 0.717) is 6.42 Å². The first-order valence-corrected chi connectivity index (χ1v) is 5.32. The summed E-state index contributed by atoms with van der Waals surface area (Å²) in [5, 5.41) is 14.3. The molecule has 0 fully saturated rings. The van der Waals surface area contributed by atoms with Crippen LogP contribution < -0.4 is 10.6 Å². The number of carbonyl (C=O) groups is 2. The largest absolute Gasteiger partial charge is 0.481 e. The first-order chi connectivity index (χ1) is 7.11. The lowest BCUT2D eigenvalue weighted by Crippen LogP contribution is -2.38. The van der Waals surface area contributed by atoms with Crippen LogP contribution in [0.5, 0.6) is 0 Å². The van der Waals surface area contributed by atoms with Crippen molar-refractivity contribution in [3.05, 3.63) is 0 Å². The molecule has 5 nitrogen and oxygen atoms in total. The van der Waals surface area contributed by atoms with Crippen LogP contribution in [0.4, 0.5) is 0 Å². The summed E-state index contributed by atoms with van der Waals surface area (Å²) in [7, 11) is 0. The molecule has 1 amide bonds. The number of amides is 1. The summed E-state index contributed by atoms with van der Waals surface area (Å²) >= 11 is 0. The van der Waals surface area contributed by atoms with Gasteiger partial charge in [-0.1, -0.05) is 20.3 Å². The summed E-state index contributed by atoms with van der Waals surface area (Å²) in [5.41, 5.74) is 0. The molecule has 0 radical (unpaired) electrons. The second-order valence-corrected chi connectivity index (χ2v) is 3.41. The number of likely N-dealkylation sites (N-methyl/N-ethyl adjacent to an activating group) is 1. The fraction of sp³-hybridized carbons (Fsp3) is 0.800. The van der Waals surface area contributed by atoms with Crippen LogP contribution >= 0.6 is 0 Å². The molecular weight excluding hydrogens is 196 g/mol. The van der Waals surface area contributed by atoms with Gasteiger partial charge in [-0.15, -0.1) is 0 Å². The van der Waals surface area contributed by atoms with E-state index in [1.807, 2.05) is 13.8 Å². The number of carbonyl (C=O) groups excluding carboxylic acids is 1. The maximum Gasteiger partial charge on any atom is 0.308 e. The van der Waals surface area contributed by atoms with Gasteiger partial charge in [0.2, 0.25) is 5.91 Å². The van der Waals surface area contributed by atoms with Gasteiger partial charge in [0.1, 0.15) is 0 Å². The van der Waals surface area contributed by atoms with Gasteiger partial charge in [-0.2, -0.15) is 0 Å². The summed E-state index contributed by atoms with van der Waals surface area (Å²) in [6, 6.07) is 0. The maximum absolute atomic E-state index is 11.2. The molecule has 0 aromatic carbocycles. The summed E-state index contributed by atoms with van der Waals surface area (Å²) in [5.74, 6) is -1.47. The van der Waals surface area contributed by atoms with E-state index < -0.39 is 11.9 Å². The molecule has 0 aliphatic carbocycles. The SMILES string of the molecule is CCCC(CNC(=O)CNCC)C(=O)O. The fourth-order valence-corrected chi connectivity index (χ4v) is 1.20. The van der Waals surface area contributed by atoms with E-state index in [1.165, 1.54) is 0 Å². The number of carboxylic acids is 1. The highest BCUT2D eigenvalue weighted by molar-refractivity contribution is 5.79. The third-order valence-electron chi connectivity index (χ3n) is 2.07. The zero-order valence-corrected chi connectivity index (χ0v) is 9.38. The Labute approximate surface area is 90.2 Å². The Kier molecular flexibility index (Phi) is 7.62. The van der Waals surface area contributed by atoms with Gasteiger partial charge in [0, 0.05) is 6.54 Å². The maximum atomic E-state index is 11.2. The summed E-state index contributed by atoms with van der Waals surface area (Å²) in [6.45, 7) is 5.02. The second kappa shape index (κ2) is 8.23. The number of hydrogen-bond donors (Lipinski definition) is 3. The van der Waals surface area contributed by atoms with Crippen molar-refractivity contribution in [1.29, 1.82) is 0 Å². The molecule has 0 saturated carbocycles. The van der Waals surface area contributed by atoms with Crippen molar-refractivity contribution in [2.75, 3.05) is 19.6 Å². The van der Waals surface area contributed by atoms with Gasteiger partial charge in [-0.25, -0.2) is 0 Å². The monoisotopic (exact) mass is 216 g/mol. The molecule has 1 atom stereocenters. The number of carboxylic acid groups (broad SMARTS) is 1. The zero-order valence-electron chi connectivity index (χ0n) is 9.38. The summed E-state index contributed by atoms with van der Waals surface area (Å²) in [4.78, 5) is 21.9. The van der Waals surface area contributed by atoms with Gasteiger partial charge in [0.05, 0.1) is 12.5 Å². The van der Waals surface area contributed by atoms with Crippen LogP contribution in [0.25, 0.3) is 0 Å². The normalized spacial score (nSPS) is 12.1. The van der Waals surface area contributed by atoms with E-state index in [2.05, 4.69) is 10.6 Å². The highest BCUT2D eigenvalue weighted by atomic mass is 16.4. The third-order valence-corrected chi connectivity index (χ3v) is 2.07. The van der Waals surface area contributed by atoms with Crippen LogP contribution in [0.2, 0.25) is 0 Å². The van der Waals surface area contributed by atoms with Gasteiger partial charge in [0.15, 0.2) is 0 Å². The van der Waals surface area contributed by atoms with Gasteiger partial charge in [-0.3, -0.25) is 9.59 Å². The third kappa shape index (κ3) is 6.90. The highest BCUT2D eigenvalue weighted by Gasteiger charge is 2.16. The van der Waals surface area contributed by atoms with Crippen molar-refractivity contribution in [3.63, 3.8) is 0 Å². The van der Waals surface area contributed by atoms with Crippen molar-refractivity contribution >= 4 is 11.9 Å². The van der Waals surface area contributed by atoms with Gasteiger partial charge in [0.25, 0.3) is 0 Å². The summed E-state index contributed by atoms with van der Waals surface area (Å²) in [6.07, 6.45) is 1.40. The van der Waals surface area contributed by atoms with E-state index in [1.54, 1.807) is 0 Å². The van der Waals surface area contributed by atoms with Crippen LogP contribution in [0.15, 0.2) is 0 Å². The molecule has 5 heteroatoms. The van der Waals surface area contributed by atoms with Gasteiger partial charge >= 0.3 is 5.97 Å². The van der Waals surface area contributed by atoms with Crippen LogP contribution in [0.1, 0.15) is 26.7 Å². The minimum absolute atomic E-state index is 0.154. The molecule has 0 bridgehead atoms. The number of hydrogen-bond acceptors (Lipinski definition) is 3. The quantitative estimate of drug-likeness (QED) is 0.542. The topological polar surface area (TPSA) is 78.4 Å².